The van der Waals surface area contributed by atoms with Crippen molar-refractivity contribution in [3.63, 3.8) is 0 Å². The van der Waals surface area contributed by atoms with Gasteiger partial charge in [-0.05, 0) is 82.3 Å². The molecule has 0 aliphatic carbocycles. The van der Waals surface area contributed by atoms with Crippen LogP contribution in [0, 0.1) is 20.7 Å². The third-order valence-corrected chi connectivity index (χ3v) is 10.0. The van der Waals surface area contributed by atoms with E-state index in [0.29, 0.717) is 3.57 Å². The van der Waals surface area contributed by atoms with Gasteiger partial charge < -0.3 is 0 Å². The Labute approximate surface area is 197 Å². The van der Waals surface area contributed by atoms with E-state index in [9.17, 15) is 31.2 Å². The highest BCUT2D eigenvalue weighted by Gasteiger charge is 2.44. The van der Waals surface area contributed by atoms with Crippen molar-refractivity contribution in [2.75, 3.05) is 12.3 Å². The predicted octanol–water partition coefficient (Wildman–Crippen LogP) is 5.03. The van der Waals surface area contributed by atoms with Crippen molar-refractivity contribution in [1.29, 1.82) is 5.26 Å². The molecule has 176 valence electrons. The molecule has 0 fully saturated rings. The maximum atomic E-state index is 14.8. The molecule has 1 rings (SSSR count). The fourth-order valence-corrected chi connectivity index (χ4v) is 6.23. The monoisotopic (exact) mass is 595 g/mol. The SMILES string of the molecule is CC(C)(C)[S@@](=O)N[C@@](C)(C[S@](=O)(=NCC(F)(F)F)C(C)(C)C#N)c1cc(I)ccc1F. The molecule has 0 heterocycles. The molecule has 0 saturated carbocycles. The summed E-state index contributed by atoms with van der Waals surface area (Å²) in [4.78, 5) is 0. The second-order valence-corrected chi connectivity index (χ2v) is 14.8. The molecule has 0 aliphatic rings. The smallest absolute Gasteiger partial charge is 0.248 e. The Kier molecular flexibility index (Phi) is 8.75. The third-order valence-electron chi connectivity index (χ3n) is 4.40. The molecule has 0 unspecified atom stereocenters. The summed E-state index contributed by atoms with van der Waals surface area (Å²) in [7, 11) is -5.70. The predicted molar refractivity (Wildman–Crippen MR) is 124 cm³/mol. The van der Waals surface area contributed by atoms with E-state index >= 15 is 0 Å². The van der Waals surface area contributed by atoms with E-state index in [4.69, 9.17) is 0 Å². The standard InChI is InChI=1S/C19H26F4IN3O2S2/c1-16(2,3)30(28)27-18(6,14-9-13(24)7-8-15(14)20)12-31(29,17(4,5)10-25)26-11-19(21,22)23/h7-9,27H,11-12H2,1-6H3/t18-,30+,31+/m0/s1. The van der Waals surface area contributed by atoms with E-state index in [-0.39, 0.29) is 5.56 Å². The number of nitrogens with one attached hydrogen (secondary N) is 1. The van der Waals surface area contributed by atoms with Crippen LogP contribution < -0.4 is 4.72 Å². The molecule has 1 aromatic rings. The summed E-state index contributed by atoms with van der Waals surface area (Å²) in [5.74, 6) is -1.37. The lowest BCUT2D eigenvalue weighted by Crippen LogP contribution is -2.52. The number of rotatable bonds is 7. The van der Waals surface area contributed by atoms with Crippen molar-refractivity contribution >= 4 is 43.3 Å². The maximum Gasteiger partial charge on any atom is 0.408 e. The molecule has 31 heavy (non-hydrogen) atoms. The highest BCUT2D eigenvalue weighted by molar-refractivity contribution is 14.1. The van der Waals surface area contributed by atoms with Crippen LogP contribution >= 0.6 is 22.6 Å². The van der Waals surface area contributed by atoms with Gasteiger partial charge in [-0.15, -0.1) is 0 Å². The lowest BCUT2D eigenvalue weighted by atomic mass is 9.95. The van der Waals surface area contributed by atoms with Crippen molar-refractivity contribution in [2.45, 2.75) is 62.8 Å². The van der Waals surface area contributed by atoms with E-state index in [1.807, 2.05) is 22.6 Å². The molecule has 1 N–H and O–H groups in total. The van der Waals surface area contributed by atoms with Crippen molar-refractivity contribution in [3.8, 4) is 6.07 Å². The van der Waals surface area contributed by atoms with Gasteiger partial charge in [0.05, 0.1) is 42.8 Å². The van der Waals surface area contributed by atoms with Crippen molar-refractivity contribution in [1.82, 2.24) is 4.72 Å². The van der Waals surface area contributed by atoms with Crippen LogP contribution in [0.5, 0.6) is 0 Å². The van der Waals surface area contributed by atoms with Gasteiger partial charge in [0.1, 0.15) is 17.1 Å². The molecule has 0 aromatic heterocycles. The van der Waals surface area contributed by atoms with E-state index in [0.717, 1.165) is 0 Å². The zero-order chi connectivity index (χ0) is 24.5. The molecule has 0 saturated heterocycles. The molecule has 3 atom stereocenters. The average molecular weight is 595 g/mol. The third kappa shape index (κ3) is 7.36. The Balaban J connectivity index is 3.78. The first-order chi connectivity index (χ1) is 13.8. The number of benzene rings is 1. The van der Waals surface area contributed by atoms with Gasteiger partial charge in [0.25, 0.3) is 0 Å². The van der Waals surface area contributed by atoms with Crippen molar-refractivity contribution < 1.29 is 26.0 Å². The Morgan fingerprint density at radius 3 is 2.19 bits per heavy atom. The minimum absolute atomic E-state index is 0.0272. The Morgan fingerprint density at radius 1 is 1.19 bits per heavy atom. The number of hydrogen-bond acceptors (Lipinski definition) is 4. The summed E-state index contributed by atoms with van der Waals surface area (Å²) in [5, 5.41) is 9.51. The quantitative estimate of drug-likeness (QED) is 0.355. The van der Waals surface area contributed by atoms with Crippen LogP contribution in [-0.4, -0.2) is 36.4 Å². The number of alkyl halides is 3. The van der Waals surface area contributed by atoms with Crippen LogP contribution in [0.4, 0.5) is 17.6 Å². The summed E-state index contributed by atoms with van der Waals surface area (Å²) in [6.07, 6.45) is -4.74. The Hall–Kier alpha value is -0.780. The molecule has 0 bridgehead atoms. The second kappa shape index (κ2) is 9.61. The van der Waals surface area contributed by atoms with E-state index in [1.165, 1.54) is 39.0 Å². The molecular formula is C19H26F4IN3O2S2. The Morgan fingerprint density at radius 2 is 1.74 bits per heavy atom. The number of hydrogen-bond donors (Lipinski definition) is 1. The van der Waals surface area contributed by atoms with Crippen LogP contribution in [0.2, 0.25) is 0 Å². The number of nitriles is 1. The van der Waals surface area contributed by atoms with Crippen LogP contribution in [0.25, 0.3) is 0 Å². The summed E-state index contributed by atoms with van der Waals surface area (Å²) >= 11 is 1.93. The molecule has 0 spiro atoms. The number of halogens is 5. The van der Waals surface area contributed by atoms with Gasteiger partial charge >= 0.3 is 6.18 Å². The highest BCUT2D eigenvalue weighted by Crippen LogP contribution is 2.34. The lowest BCUT2D eigenvalue weighted by Gasteiger charge is -2.37. The molecular weight excluding hydrogens is 569 g/mol. The van der Waals surface area contributed by atoms with Crippen LogP contribution in [0.1, 0.15) is 47.1 Å². The lowest BCUT2D eigenvalue weighted by molar-refractivity contribution is -0.117. The summed E-state index contributed by atoms with van der Waals surface area (Å²) in [5.41, 5.74) is -1.68. The molecule has 0 aliphatic heterocycles. The minimum Gasteiger partial charge on any atom is -0.248 e. The minimum atomic E-state index is -4.74. The normalized spacial score (nSPS) is 17.9. The summed E-state index contributed by atoms with van der Waals surface area (Å²) in [6, 6.07) is 5.86. The fourth-order valence-electron chi connectivity index (χ4n) is 2.47. The van der Waals surface area contributed by atoms with Gasteiger partial charge in [-0.3, -0.25) is 0 Å². The average Bonchev–Trinajstić information content (AvgIpc) is 2.60. The first-order valence-electron chi connectivity index (χ1n) is 9.10. The first-order valence-corrected chi connectivity index (χ1v) is 13.0. The van der Waals surface area contributed by atoms with Gasteiger partial charge in [0.2, 0.25) is 0 Å². The van der Waals surface area contributed by atoms with Crippen LogP contribution in [-0.2, 0) is 26.3 Å². The van der Waals surface area contributed by atoms with Crippen molar-refractivity contribution in [2.24, 2.45) is 4.36 Å². The van der Waals surface area contributed by atoms with Crippen LogP contribution in [0.3, 0.4) is 0 Å². The molecule has 5 nitrogen and oxygen atoms in total. The van der Waals surface area contributed by atoms with E-state index in [1.54, 1.807) is 26.8 Å². The first kappa shape index (κ1) is 28.3. The van der Waals surface area contributed by atoms with Gasteiger partial charge in [0, 0.05) is 9.13 Å². The van der Waals surface area contributed by atoms with Crippen molar-refractivity contribution in [3.05, 3.63) is 33.1 Å². The number of nitrogens with zero attached hydrogens (tertiary/aromatic N) is 2. The molecule has 1 aromatic carbocycles. The van der Waals surface area contributed by atoms with Gasteiger partial charge in [0.15, 0.2) is 0 Å². The second-order valence-electron chi connectivity index (χ2n) is 8.75. The fraction of sp³-hybridized carbons (Fsp3) is 0.632. The van der Waals surface area contributed by atoms with Gasteiger partial charge in [-0.2, -0.15) is 18.4 Å². The van der Waals surface area contributed by atoms with E-state index < -0.39 is 60.0 Å². The molecule has 12 heteroatoms. The van der Waals surface area contributed by atoms with E-state index in [2.05, 4.69) is 9.08 Å². The van der Waals surface area contributed by atoms with Crippen LogP contribution in [0.15, 0.2) is 22.6 Å². The largest absolute Gasteiger partial charge is 0.408 e. The molecule has 0 radical (unpaired) electrons. The van der Waals surface area contributed by atoms with Gasteiger partial charge in [-0.25, -0.2) is 21.9 Å². The zero-order valence-electron chi connectivity index (χ0n) is 18.1. The topological polar surface area (TPSA) is 82.3 Å². The summed E-state index contributed by atoms with van der Waals surface area (Å²) in [6.45, 7) is 7.11. The summed E-state index contributed by atoms with van der Waals surface area (Å²) < 4.78 is 84.3. The Bertz CT molecular complexity index is 1010. The zero-order valence-corrected chi connectivity index (χ0v) is 21.9. The maximum absolute atomic E-state index is 14.8. The molecule has 0 amide bonds. The van der Waals surface area contributed by atoms with Gasteiger partial charge in [-0.1, -0.05) is 0 Å². The highest BCUT2D eigenvalue weighted by atomic mass is 127.